The average Bonchev–Trinajstić information content (AvgIpc) is 2.78. The number of aromatic nitrogens is 2. The van der Waals surface area contributed by atoms with E-state index in [9.17, 15) is 4.79 Å². The summed E-state index contributed by atoms with van der Waals surface area (Å²) in [5.41, 5.74) is 6.12. The maximum Gasteiger partial charge on any atom is 0.225 e. The number of hydrogen-bond acceptors (Lipinski definition) is 3. The van der Waals surface area contributed by atoms with Crippen LogP contribution in [0.1, 0.15) is 44.1 Å². The van der Waals surface area contributed by atoms with E-state index >= 15 is 0 Å². The summed E-state index contributed by atoms with van der Waals surface area (Å²) in [5.74, 6) is 1.02. The standard InChI is InChI=1S/C12H18N4OS/c13-11(18)9-7-14-16-12(9)15-10(17)6-8-4-2-1-3-5-8/h7-8H,1-6H2,(H2,13,18)(H2,14,15,16,17). The molecule has 1 aliphatic rings. The summed E-state index contributed by atoms with van der Waals surface area (Å²) >= 11 is 4.88. The second kappa shape index (κ2) is 5.95. The third-order valence-corrected chi connectivity index (χ3v) is 3.59. The monoisotopic (exact) mass is 266 g/mol. The lowest BCUT2D eigenvalue weighted by molar-refractivity contribution is -0.117. The predicted molar refractivity (Wildman–Crippen MR) is 74.3 cm³/mol. The van der Waals surface area contributed by atoms with Gasteiger partial charge in [0.05, 0.1) is 11.8 Å². The molecule has 98 valence electrons. The van der Waals surface area contributed by atoms with E-state index in [0.717, 1.165) is 12.8 Å². The molecule has 1 fully saturated rings. The Morgan fingerprint density at radius 2 is 2.22 bits per heavy atom. The van der Waals surface area contributed by atoms with Crippen molar-refractivity contribution in [3.63, 3.8) is 0 Å². The first kappa shape index (κ1) is 13.0. The Bertz CT molecular complexity index is 437. The molecule has 4 N–H and O–H groups in total. The molecule has 0 unspecified atom stereocenters. The highest BCUT2D eigenvalue weighted by atomic mass is 32.1. The Balaban J connectivity index is 1.90. The van der Waals surface area contributed by atoms with Gasteiger partial charge in [-0.2, -0.15) is 5.10 Å². The van der Waals surface area contributed by atoms with Crippen LogP contribution in [0.5, 0.6) is 0 Å². The molecule has 0 aliphatic heterocycles. The highest BCUT2D eigenvalue weighted by Crippen LogP contribution is 2.26. The van der Waals surface area contributed by atoms with Gasteiger partial charge in [0, 0.05) is 6.42 Å². The second-order valence-electron chi connectivity index (χ2n) is 4.78. The molecule has 1 aromatic heterocycles. The number of hydrogen-bond donors (Lipinski definition) is 3. The zero-order valence-electron chi connectivity index (χ0n) is 10.2. The number of nitrogens with one attached hydrogen (secondary N) is 2. The number of H-pyrrole nitrogens is 1. The van der Waals surface area contributed by atoms with Gasteiger partial charge in [-0.3, -0.25) is 9.89 Å². The zero-order valence-corrected chi connectivity index (χ0v) is 11.1. The second-order valence-corrected chi connectivity index (χ2v) is 5.22. The number of thiocarbonyl (C=S) groups is 1. The quantitative estimate of drug-likeness (QED) is 0.727. The Morgan fingerprint density at radius 3 is 2.89 bits per heavy atom. The van der Waals surface area contributed by atoms with Crippen molar-refractivity contribution in [2.75, 3.05) is 5.32 Å². The lowest BCUT2D eigenvalue weighted by Crippen LogP contribution is -2.20. The van der Waals surface area contributed by atoms with Crippen molar-refractivity contribution < 1.29 is 4.79 Å². The molecule has 0 atom stereocenters. The molecule has 0 aromatic carbocycles. The van der Waals surface area contributed by atoms with E-state index in [1.807, 2.05) is 0 Å². The fourth-order valence-electron chi connectivity index (χ4n) is 2.41. The lowest BCUT2D eigenvalue weighted by atomic mass is 9.87. The summed E-state index contributed by atoms with van der Waals surface area (Å²) in [6, 6.07) is 0. The van der Waals surface area contributed by atoms with Gasteiger partial charge in [0.2, 0.25) is 5.91 Å². The number of amides is 1. The Labute approximate surface area is 112 Å². The molecule has 1 aromatic rings. The highest BCUT2D eigenvalue weighted by Gasteiger charge is 2.18. The molecule has 2 rings (SSSR count). The van der Waals surface area contributed by atoms with Crippen LogP contribution in [0.4, 0.5) is 5.82 Å². The number of anilines is 1. The van der Waals surface area contributed by atoms with Crippen LogP contribution in [-0.4, -0.2) is 21.1 Å². The van der Waals surface area contributed by atoms with E-state index in [-0.39, 0.29) is 10.9 Å². The van der Waals surface area contributed by atoms with Crippen LogP contribution in [-0.2, 0) is 4.79 Å². The first-order valence-corrected chi connectivity index (χ1v) is 6.70. The van der Waals surface area contributed by atoms with E-state index in [1.165, 1.54) is 25.5 Å². The third-order valence-electron chi connectivity index (χ3n) is 3.37. The molecular formula is C12H18N4OS. The molecule has 5 nitrogen and oxygen atoms in total. The van der Waals surface area contributed by atoms with E-state index in [1.54, 1.807) is 0 Å². The van der Waals surface area contributed by atoms with Gasteiger partial charge in [0.1, 0.15) is 10.8 Å². The molecule has 0 saturated heterocycles. The molecule has 0 radical (unpaired) electrons. The smallest absolute Gasteiger partial charge is 0.225 e. The average molecular weight is 266 g/mol. The predicted octanol–water partition coefficient (Wildman–Crippen LogP) is 1.95. The molecule has 0 bridgehead atoms. The summed E-state index contributed by atoms with van der Waals surface area (Å²) in [4.78, 5) is 12.1. The van der Waals surface area contributed by atoms with Crippen LogP contribution < -0.4 is 11.1 Å². The summed E-state index contributed by atoms with van der Waals surface area (Å²) in [6.45, 7) is 0. The van der Waals surface area contributed by atoms with Gasteiger partial charge in [-0.05, 0) is 18.8 Å². The summed E-state index contributed by atoms with van der Waals surface area (Å²) < 4.78 is 0. The van der Waals surface area contributed by atoms with Crippen LogP contribution in [0.2, 0.25) is 0 Å². The Kier molecular flexibility index (Phi) is 4.30. The summed E-state index contributed by atoms with van der Waals surface area (Å²) in [5, 5.41) is 9.34. The van der Waals surface area contributed by atoms with E-state index in [2.05, 4.69) is 15.5 Å². The van der Waals surface area contributed by atoms with Crippen molar-refractivity contribution in [1.29, 1.82) is 0 Å². The van der Waals surface area contributed by atoms with Crippen LogP contribution >= 0.6 is 12.2 Å². The van der Waals surface area contributed by atoms with Crippen molar-refractivity contribution >= 4 is 28.9 Å². The first-order chi connectivity index (χ1) is 8.66. The summed E-state index contributed by atoms with van der Waals surface area (Å²) in [7, 11) is 0. The molecular weight excluding hydrogens is 248 g/mol. The van der Waals surface area contributed by atoms with E-state index in [4.69, 9.17) is 18.0 Å². The van der Waals surface area contributed by atoms with Gasteiger partial charge >= 0.3 is 0 Å². The fraction of sp³-hybridized carbons (Fsp3) is 0.583. The van der Waals surface area contributed by atoms with Gasteiger partial charge in [-0.15, -0.1) is 0 Å². The molecule has 1 amide bonds. The van der Waals surface area contributed by atoms with Gasteiger partial charge in [-0.25, -0.2) is 0 Å². The number of rotatable bonds is 4. The number of carbonyl (C=O) groups excluding carboxylic acids is 1. The molecule has 1 aliphatic carbocycles. The number of carbonyl (C=O) groups is 1. The van der Waals surface area contributed by atoms with Gasteiger partial charge in [0.25, 0.3) is 0 Å². The fourth-order valence-corrected chi connectivity index (χ4v) is 2.57. The third kappa shape index (κ3) is 3.29. The van der Waals surface area contributed by atoms with E-state index in [0.29, 0.717) is 23.7 Å². The van der Waals surface area contributed by atoms with Crippen molar-refractivity contribution in [2.45, 2.75) is 38.5 Å². The SMILES string of the molecule is NC(=S)c1cn[nH]c1NC(=O)CC1CCCCC1. The van der Waals surface area contributed by atoms with Gasteiger partial charge < -0.3 is 11.1 Å². The number of nitrogens with zero attached hydrogens (tertiary/aromatic N) is 1. The highest BCUT2D eigenvalue weighted by molar-refractivity contribution is 7.80. The molecule has 18 heavy (non-hydrogen) atoms. The van der Waals surface area contributed by atoms with Gasteiger partial charge in [0.15, 0.2) is 0 Å². The topological polar surface area (TPSA) is 83.8 Å². The van der Waals surface area contributed by atoms with Crippen molar-refractivity contribution in [1.82, 2.24) is 10.2 Å². The van der Waals surface area contributed by atoms with Crippen molar-refractivity contribution in [3.8, 4) is 0 Å². The van der Waals surface area contributed by atoms with Crippen LogP contribution in [0.3, 0.4) is 0 Å². The van der Waals surface area contributed by atoms with E-state index < -0.39 is 0 Å². The minimum absolute atomic E-state index is 0.00338. The molecule has 1 saturated carbocycles. The zero-order chi connectivity index (χ0) is 13.0. The largest absolute Gasteiger partial charge is 0.389 e. The molecule has 1 heterocycles. The maximum absolute atomic E-state index is 11.9. The van der Waals surface area contributed by atoms with Crippen molar-refractivity contribution in [3.05, 3.63) is 11.8 Å². The normalized spacial score (nSPS) is 16.4. The lowest BCUT2D eigenvalue weighted by Gasteiger charge is -2.20. The van der Waals surface area contributed by atoms with Crippen LogP contribution in [0.25, 0.3) is 0 Å². The first-order valence-electron chi connectivity index (χ1n) is 6.30. The number of nitrogens with two attached hydrogens (primary N) is 1. The minimum Gasteiger partial charge on any atom is -0.389 e. The molecule has 6 heteroatoms. The van der Waals surface area contributed by atoms with Crippen LogP contribution in [0.15, 0.2) is 6.20 Å². The minimum atomic E-state index is 0.00338. The van der Waals surface area contributed by atoms with Crippen molar-refractivity contribution in [2.24, 2.45) is 11.7 Å². The van der Waals surface area contributed by atoms with Crippen LogP contribution in [0, 0.1) is 5.92 Å². The van der Waals surface area contributed by atoms with Gasteiger partial charge in [-0.1, -0.05) is 31.5 Å². The Hall–Kier alpha value is -1.43. The molecule has 0 spiro atoms. The Morgan fingerprint density at radius 1 is 1.50 bits per heavy atom. The maximum atomic E-state index is 11.9. The number of aromatic amines is 1. The summed E-state index contributed by atoms with van der Waals surface area (Å²) in [6.07, 6.45) is 8.16.